The van der Waals surface area contributed by atoms with Crippen molar-refractivity contribution in [3.8, 4) is 5.75 Å². The summed E-state index contributed by atoms with van der Waals surface area (Å²) >= 11 is 0. The third-order valence-corrected chi connectivity index (χ3v) is 5.94. The van der Waals surface area contributed by atoms with Crippen molar-refractivity contribution in [3.05, 3.63) is 66.7 Å². The average Bonchev–Trinajstić information content (AvgIpc) is 2.80. The molecule has 0 aliphatic carbocycles. The van der Waals surface area contributed by atoms with Gasteiger partial charge in [0.25, 0.3) is 0 Å². The Balaban J connectivity index is 1.21. The fourth-order valence-electron chi connectivity index (χ4n) is 4.30. The number of nitrogens with zero attached hydrogens (tertiary/aromatic N) is 3. The molecule has 1 amide bonds. The van der Waals surface area contributed by atoms with Crippen LogP contribution >= 0.6 is 0 Å². The van der Waals surface area contributed by atoms with Crippen molar-refractivity contribution in [2.45, 2.75) is 19.3 Å². The molecule has 0 radical (unpaired) electrons. The number of amides is 1. The van der Waals surface area contributed by atoms with Crippen molar-refractivity contribution in [1.29, 1.82) is 0 Å². The molecule has 0 bridgehead atoms. The number of benzene rings is 2. The lowest BCUT2D eigenvalue weighted by molar-refractivity contribution is -0.118. The summed E-state index contributed by atoms with van der Waals surface area (Å²) in [6.45, 7) is 10.5. The Hall–Kier alpha value is -2.79. The zero-order valence-electron chi connectivity index (χ0n) is 17.6. The first kappa shape index (κ1) is 20.5. The number of aryl methyl sites for hydroxylation is 1. The molecule has 5 nitrogen and oxygen atoms in total. The molecule has 0 aromatic heterocycles. The van der Waals surface area contributed by atoms with E-state index in [4.69, 9.17) is 4.74 Å². The molecule has 2 aliphatic rings. The smallest absolute Gasteiger partial charge is 0.227 e. The van der Waals surface area contributed by atoms with Crippen molar-refractivity contribution < 1.29 is 9.53 Å². The molecule has 158 valence electrons. The van der Waals surface area contributed by atoms with Gasteiger partial charge in [0.2, 0.25) is 5.91 Å². The number of anilines is 2. The van der Waals surface area contributed by atoms with Crippen molar-refractivity contribution >= 4 is 17.3 Å². The van der Waals surface area contributed by atoms with Crippen molar-refractivity contribution in [2.75, 3.05) is 55.7 Å². The Morgan fingerprint density at radius 3 is 2.57 bits per heavy atom. The van der Waals surface area contributed by atoms with Crippen molar-refractivity contribution in [2.24, 2.45) is 0 Å². The molecule has 5 heteroatoms. The van der Waals surface area contributed by atoms with Crippen LogP contribution in [0.1, 0.15) is 18.4 Å². The zero-order chi connectivity index (χ0) is 20.8. The van der Waals surface area contributed by atoms with Crippen molar-refractivity contribution in [1.82, 2.24) is 4.90 Å². The van der Waals surface area contributed by atoms with Crippen LogP contribution in [0, 0.1) is 0 Å². The predicted octanol–water partition coefficient (Wildman–Crippen LogP) is 3.74. The number of rotatable bonds is 8. The topological polar surface area (TPSA) is 36.0 Å². The Morgan fingerprint density at radius 1 is 1.00 bits per heavy atom. The molecule has 0 saturated carbocycles. The molecular weight excluding hydrogens is 374 g/mol. The zero-order valence-corrected chi connectivity index (χ0v) is 17.6. The van der Waals surface area contributed by atoms with Gasteiger partial charge in [0.1, 0.15) is 5.75 Å². The Morgan fingerprint density at radius 2 is 1.80 bits per heavy atom. The molecule has 2 aliphatic heterocycles. The number of hydrogen-bond donors (Lipinski definition) is 0. The third-order valence-electron chi connectivity index (χ3n) is 5.94. The molecule has 0 spiro atoms. The highest BCUT2D eigenvalue weighted by atomic mass is 16.5. The second kappa shape index (κ2) is 9.81. The lowest BCUT2D eigenvalue weighted by Gasteiger charge is -2.36. The number of fused-ring (bicyclic) bond motifs is 1. The minimum atomic E-state index is 0.170. The van der Waals surface area contributed by atoms with Crippen LogP contribution in [0.15, 0.2) is 61.2 Å². The van der Waals surface area contributed by atoms with E-state index in [1.165, 1.54) is 11.3 Å². The number of carbonyl (C=O) groups excluding carboxylic acids is 1. The average molecular weight is 406 g/mol. The quantitative estimate of drug-likeness (QED) is 0.495. The molecular formula is C25H31N3O2. The number of para-hydroxylation sites is 1. The van der Waals surface area contributed by atoms with E-state index in [0.29, 0.717) is 19.6 Å². The molecule has 2 heterocycles. The standard InChI is InChI=1S/C25H31N3O2/c1-2-13-28-24-11-10-23(20-21(24)9-12-25(28)29)30-19-6-14-26-15-17-27(18-16-26)22-7-4-3-5-8-22/h2-5,7-8,10-11,20H,1,6,9,12-19H2. The van der Waals surface area contributed by atoms with Crippen LogP contribution in [0.2, 0.25) is 0 Å². The maximum absolute atomic E-state index is 12.1. The second-order valence-corrected chi connectivity index (χ2v) is 7.95. The van der Waals surface area contributed by atoms with Gasteiger partial charge in [-0.3, -0.25) is 9.69 Å². The van der Waals surface area contributed by atoms with Crippen LogP contribution in [-0.4, -0.2) is 56.7 Å². The summed E-state index contributed by atoms with van der Waals surface area (Å²) in [4.78, 5) is 18.9. The molecule has 1 saturated heterocycles. The molecule has 2 aromatic rings. The fraction of sp³-hybridized carbons (Fsp3) is 0.400. The molecule has 4 rings (SSSR count). The molecule has 1 fully saturated rings. The van der Waals surface area contributed by atoms with Gasteiger partial charge in [-0.25, -0.2) is 0 Å². The number of carbonyl (C=O) groups is 1. The van der Waals surface area contributed by atoms with E-state index in [1.54, 1.807) is 6.08 Å². The van der Waals surface area contributed by atoms with Crippen molar-refractivity contribution in [3.63, 3.8) is 0 Å². The lowest BCUT2D eigenvalue weighted by Crippen LogP contribution is -2.46. The summed E-state index contributed by atoms with van der Waals surface area (Å²) < 4.78 is 6.01. The maximum atomic E-state index is 12.1. The van der Waals surface area contributed by atoms with Crippen LogP contribution in [0.5, 0.6) is 5.75 Å². The third kappa shape index (κ3) is 4.85. The monoisotopic (exact) mass is 405 g/mol. The molecule has 2 aromatic carbocycles. The maximum Gasteiger partial charge on any atom is 0.227 e. The molecule has 30 heavy (non-hydrogen) atoms. The van der Waals surface area contributed by atoms with E-state index in [9.17, 15) is 4.79 Å². The van der Waals surface area contributed by atoms with E-state index in [1.807, 2.05) is 17.0 Å². The minimum Gasteiger partial charge on any atom is -0.494 e. The van der Waals surface area contributed by atoms with Gasteiger partial charge in [-0.2, -0.15) is 0 Å². The van der Waals surface area contributed by atoms with Crippen LogP contribution in [-0.2, 0) is 11.2 Å². The van der Waals surface area contributed by atoms with Crippen LogP contribution in [0.4, 0.5) is 11.4 Å². The van der Waals surface area contributed by atoms with Gasteiger partial charge in [0.15, 0.2) is 0 Å². The lowest BCUT2D eigenvalue weighted by atomic mass is 10.0. The van der Waals surface area contributed by atoms with E-state index in [-0.39, 0.29) is 5.91 Å². The molecule has 0 unspecified atom stereocenters. The fourth-order valence-corrected chi connectivity index (χ4v) is 4.30. The largest absolute Gasteiger partial charge is 0.494 e. The highest BCUT2D eigenvalue weighted by Gasteiger charge is 2.23. The van der Waals surface area contributed by atoms with E-state index < -0.39 is 0 Å². The van der Waals surface area contributed by atoms with Gasteiger partial charge in [-0.1, -0.05) is 24.3 Å². The first-order valence-corrected chi connectivity index (χ1v) is 10.9. The Kier molecular flexibility index (Phi) is 6.70. The minimum absolute atomic E-state index is 0.170. The first-order chi connectivity index (χ1) is 14.7. The highest BCUT2D eigenvalue weighted by Crippen LogP contribution is 2.31. The summed E-state index contributed by atoms with van der Waals surface area (Å²) in [5, 5.41) is 0. The first-order valence-electron chi connectivity index (χ1n) is 10.9. The molecule has 0 atom stereocenters. The highest BCUT2D eigenvalue weighted by molar-refractivity contribution is 5.96. The summed E-state index contributed by atoms with van der Waals surface area (Å²) in [7, 11) is 0. The van der Waals surface area contributed by atoms with Gasteiger partial charge in [0, 0.05) is 57.1 Å². The van der Waals surface area contributed by atoms with Crippen LogP contribution < -0.4 is 14.5 Å². The van der Waals surface area contributed by atoms with Gasteiger partial charge < -0.3 is 14.5 Å². The second-order valence-electron chi connectivity index (χ2n) is 7.95. The Labute approximate surface area is 179 Å². The molecule has 0 N–H and O–H groups in total. The Bertz CT molecular complexity index is 860. The van der Waals surface area contributed by atoms with E-state index in [0.717, 1.165) is 57.0 Å². The van der Waals surface area contributed by atoms with E-state index in [2.05, 4.69) is 52.8 Å². The summed E-state index contributed by atoms with van der Waals surface area (Å²) in [5.41, 5.74) is 3.50. The number of hydrogen-bond acceptors (Lipinski definition) is 4. The van der Waals surface area contributed by atoms with Gasteiger partial charge >= 0.3 is 0 Å². The van der Waals surface area contributed by atoms with Gasteiger partial charge in [-0.05, 0) is 48.7 Å². The van der Waals surface area contributed by atoms with Gasteiger partial charge in [0.05, 0.1) is 6.61 Å². The van der Waals surface area contributed by atoms with Crippen LogP contribution in [0.3, 0.4) is 0 Å². The summed E-state index contributed by atoms with van der Waals surface area (Å²) in [6, 6.07) is 16.7. The van der Waals surface area contributed by atoms with Crippen LogP contribution in [0.25, 0.3) is 0 Å². The summed E-state index contributed by atoms with van der Waals surface area (Å²) in [6.07, 6.45) is 4.13. The van der Waals surface area contributed by atoms with Gasteiger partial charge in [-0.15, -0.1) is 6.58 Å². The summed E-state index contributed by atoms with van der Waals surface area (Å²) in [5.74, 6) is 1.07. The predicted molar refractivity (Wildman–Crippen MR) is 123 cm³/mol. The normalized spacial score (nSPS) is 17.0. The SMILES string of the molecule is C=CCN1C(=O)CCc2cc(OCCCN3CCN(c4ccccc4)CC3)ccc21. The number of piperazine rings is 1. The number of ether oxygens (including phenoxy) is 1. The van der Waals surface area contributed by atoms with E-state index >= 15 is 0 Å².